The standard InChI is InChI=1S/C16H19ClN2O/c1-19-14-10-12(17)8-7-11(14)9-15(19)16(20)18-13-5-3-2-4-6-13/h7-10,13H,2-6H2,1H3,(H,18,20). The largest absolute Gasteiger partial charge is 0.348 e. The van der Waals surface area contributed by atoms with Gasteiger partial charge in [0.2, 0.25) is 0 Å². The van der Waals surface area contributed by atoms with Crippen molar-refractivity contribution in [1.82, 2.24) is 9.88 Å². The molecule has 1 amide bonds. The van der Waals surface area contributed by atoms with Gasteiger partial charge in [0.15, 0.2) is 0 Å². The van der Waals surface area contributed by atoms with E-state index < -0.39 is 0 Å². The molecule has 1 fully saturated rings. The summed E-state index contributed by atoms with van der Waals surface area (Å²) < 4.78 is 1.92. The molecule has 0 saturated heterocycles. The number of nitrogens with zero attached hydrogens (tertiary/aromatic N) is 1. The molecule has 0 radical (unpaired) electrons. The van der Waals surface area contributed by atoms with Crippen molar-refractivity contribution in [2.75, 3.05) is 0 Å². The average Bonchev–Trinajstić information content (AvgIpc) is 2.77. The molecule has 3 nitrogen and oxygen atoms in total. The van der Waals surface area contributed by atoms with Crippen LogP contribution in [0.15, 0.2) is 24.3 Å². The number of hydrogen-bond donors (Lipinski definition) is 1. The fourth-order valence-corrected chi connectivity index (χ4v) is 3.19. The van der Waals surface area contributed by atoms with Crippen LogP contribution < -0.4 is 5.32 Å². The summed E-state index contributed by atoms with van der Waals surface area (Å²) in [6.45, 7) is 0. The molecule has 1 heterocycles. The SMILES string of the molecule is Cn1c(C(=O)NC2CCCCC2)cc2ccc(Cl)cc21. The highest BCUT2D eigenvalue weighted by Gasteiger charge is 2.19. The molecule has 0 unspecified atom stereocenters. The zero-order valence-electron chi connectivity index (χ0n) is 11.7. The van der Waals surface area contributed by atoms with Crippen LogP contribution in [0.4, 0.5) is 0 Å². The first-order valence-electron chi connectivity index (χ1n) is 7.21. The zero-order chi connectivity index (χ0) is 14.1. The summed E-state index contributed by atoms with van der Waals surface area (Å²) >= 11 is 6.02. The molecule has 0 spiro atoms. The van der Waals surface area contributed by atoms with E-state index in [-0.39, 0.29) is 5.91 Å². The highest BCUT2D eigenvalue weighted by molar-refractivity contribution is 6.31. The number of aryl methyl sites for hydroxylation is 1. The van der Waals surface area contributed by atoms with E-state index in [1.807, 2.05) is 35.9 Å². The van der Waals surface area contributed by atoms with E-state index in [4.69, 9.17) is 11.6 Å². The van der Waals surface area contributed by atoms with Gasteiger partial charge >= 0.3 is 0 Å². The Kier molecular flexibility index (Phi) is 3.70. The van der Waals surface area contributed by atoms with Gasteiger partial charge in [0.25, 0.3) is 5.91 Å². The number of benzene rings is 1. The molecule has 1 aliphatic rings. The van der Waals surface area contributed by atoms with Gasteiger partial charge in [-0.2, -0.15) is 0 Å². The van der Waals surface area contributed by atoms with Crippen molar-refractivity contribution in [2.45, 2.75) is 38.1 Å². The molecule has 2 aromatic rings. The number of rotatable bonds is 2. The Hall–Kier alpha value is -1.48. The molecule has 20 heavy (non-hydrogen) atoms. The van der Waals surface area contributed by atoms with Crippen molar-refractivity contribution in [3.05, 3.63) is 35.0 Å². The Morgan fingerprint density at radius 2 is 2.00 bits per heavy atom. The quantitative estimate of drug-likeness (QED) is 0.894. The predicted octanol–water partition coefficient (Wildman–Crippen LogP) is 3.89. The lowest BCUT2D eigenvalue weighted by Crippen LogP contribution is -2.36. The van der Waals surface area contributed by atoms with Crippen molar-refractivity contribution in [2.24, 2.45) is 7.05 Å². The maximum Gasteiger partial charge on any atom is 0.268 e. The number of hydrogen-bond acceptors (Lipinski definition) is 1. The number of halogens is 1. The van der Waals surface area contributed by atoms with Gasteiger partial charge in [0.05, 0.1) is 0 Å². The van der Waals surface area contributed by atoms with E-state index >= 15 is 0 Å². The predicted molar refractivity (Wildman–Crippen MR) is 82.3 cm³/mol. The summed E-state index contributed by atoms with van der Waals surface area (Å²) in [6.07, 6.45) is 5.92. The molecule has 1 aromatic heterocycles. The first-order chi connectivity index (χ1) is 9.65. The van der Waals surface area contributed by atoms with Crippen molar-refractivity contribution >= 4 is 28.4 Å². The van der Waals surface area contributed by atoms with Crippen LogP contribution in [0, 0.1) is 0 Å². The molecule has 3 rings (SSSR count). The second-order valence-corrected chi connectivity index (χ2v) is 6.04. The Morgan fingerprint density at radius 3 is 2.75 bits per heavy atom. The van der Waals surface area contributed by atoms with E-state index in [2.05, 4.69) is 5.32 Å². The highest BCUT2D eigenvalue weighted by Crippen LogP contribution is 2.23. The van der Waals surface area contributed by atoms with Crippen molar-refractivity contribution < 1.29 is 4.79 Å². The van der Waals surface area contributed by atoms with Crippen LogP contribution in [0.3, 0.4) is 0 Å². The first-order valence-corrected chi connectivity index (χ1v) is 7.59. The molecule has 4 heteroatoms. The normalized spacial score (nSPS) is 16.5. The van der Waals surface area contributed by atoms with E-state index in [0.29, 0.717) is 16.8 Å². The summed E-state index contributed by atoms with van der Waals surface area (Å²) in [7, 11) is 1.91. The third-order valence-corrected chi connectivity index (χ3v) is 4.42. The number of fused-ring (bicyclic) bond motifs is 1. The summed E-state index contributed by atoms with van der Waals surface area (Å²) in [6, 6.07) is 7.97. The Labute approximate surface area is 123 Å². The van der Waals surface area contributed by atoms with Crippen LogP contribution in [0.2, 0.25) is 5.02 Å². The summed E-state index contributed by atoms with van der Waals surface area (Å²) in [5.74, 6) is 0.0201. The second-order valence-electron chi connectivity index (χ2n) is 5.60. The molecule has 0 atom stereocenters. The molecule has 1 aromatic carbocycles. The van der Waals surface area contributed by atoms with Crippen molar-refractivity contribution in [1.29, 1.82) is 0 Å². The number of amides is 1. The summed E-state index contributed by atoms with van der Waals surface area (Å²) in [5, 5.41) is 4.90. The average molecular weight is 291 g/mol. The monoisotopic (exact) mass is 290 g/mol. The lowest BCUT2D eigenvalue weighted by atomic mass is 9.95. The molecule has 1 N–H and O–H groups in total. The van der Waals surface area contributed by atoms with Crippen LogP contribution in [0.5, 0.6) is 0 Å². The van der Waals surface area contributed by atoms with Crippen molar-refractivity contribution in [3.8, 4) is 0 Å². The lowest BCUT2D eigenvalue weighted by molar-refractivity contribution is 0.0920. The number of carbonyl (C=O) groups excluding carboxylic acids is 1. The van der Waals surface area contributed by atoms with E-state index in [1.54, 1.807) is 0 Å². The molecule has 0 bridgehead atoms. The highest BCUT2D eigenvalue weighted by atomic mass is 35.5. The van der Waals surface area contributed by atoms with Crippen LogP contribution in [-0.2, 0) is 7.05 Å². The summed E-state index contributed by atoms with van der Waals surface area (Å²) in [4.78, 5) is 12.4. The maximum atomic E-state index is 12.4. The third-order valence-electron chi connectivity index (χ3n) is 4.18. The van der Waals surface area contributed by atoms with Gasteiger partial charge in [-0.3, -0.25) is 4.79 Å². The summed E-state index contributed by atoms with van der Waals surface area (Å²) in [5.41, 5.74) is 1.69. The first kappa shape index (κ1) is 13.5. The van der Waals surface area contributed by atoms with Gasteiger partial charge in [0.1, 0.15) is 5.69 Å². The molecule has 1 saturated carbocycles. The van der Waals surface area contributed by atoms with Gasteiger partial charge in [-0.15, -0.1) is 0 Å². The van der Waals surface area contributed by atoms with E-state index in [9.17, 15) is 4.79 Å². The minimum atomic E-state index is 0.0201. The number of aromatic nitrogens is 1. The topological polar surface area (TPSA) is 34.0 Å². The Balaban J connectivity index is 1.85. The fraction of sp³-hybridized carbons (Fsp3) is 0.438. The lowest BCUT2D eigenvalue weighted by Gasteiger charge is -2.22. The molecule has 106 valence electrons. The fourth-order valence-electron chi connectivity index (χ4n) is 3.03. The van der Waals surface area contributed by atoms with Gasteiger partial charge < -0.3 is 9.88 Å². The zero-order valence-corrected chi connectivity index (χ0v) is 12.4. The molecular formula is C16H19ClN2O. The molecular weight excluding hydrogens is 272 g/mol. The van der Waals surface area contributed by atoms with Gasteiger partial charge in [-0.05, 0) is 31.0 Å². The minimum absolute atomic E-state index is 0.0201. The Bertz CT molecular complexity index is 641. The number of carbonyl (C=O) groups is 1. The van der Waals surface area contributed by atoms with E-state index in [0.717, 1.165) is 23.7 Å². The molecule has 1 aliphatic carbocycles. The van der Waals surface area contributed by atoms with Gasteiger partial charge in [-0.1, -0.05) is 36.9 Å². The number of nitrogens with one attached hydrogen (secondary N) is 1. The van der Waals surface area contributed by atoms with Crippen LogP contribution in [0.25, 0.3) is 10.9 Å². The third kappa shape index (κ3) is 2.55. The van der Waals surface area contributed by atoms with Gasteiger partial charge in [-0.25, -0.2) is 0 Å². The van der Waals surface area contributed by atoms with Crippen LogP contribution in [0.1, 0.15) is 42.6 Å². The van der Waals surface area contributed by atoms with E-state index in [1.165, 1.54) is 19.3 Å². The van der Waals surface area contributed by atoms with Crippen LogP contribution >= 0.6 is 11.6 Å². The van der Waals surface area contributed by atoms with Crippen molar-refractivity contribution in [3.63, 3.8) is 0 Å². The van der Waals surface area contributed by atoms with Gasteiger partial charge in [0, 0.05) is 29.0 Å². The maximum absolute atomic E-state index is 12.4. The Morgan fingerprint density at radius 1 is 1.25 bits per heavy atom. The van der Waals surface area contributed by atoms with Crippen LogP contribution in [-0.4, -0.2) is 16.5 Å². The second kappa shape index (κ2) is 5.49. The molecule has 0 aliphatic heterocycles. The minimum Gasteiger partial charge on any atom is -0.348 e. The smallest absolute Gasteiger partial charge is 0.268 e.